The molecule has 0 radical (unpaired) electrons. The number of nitrogens with two attached hydrogens (primary N) is 1. The third kappa shape index (κ3) is 6.36. The zero-order valence-corrected chi connectivity index (χ0v) is 14.1. The first-order chi connectivity index (χ1) is 9.40. The molecular weight excluding hydrogens is 288 g/mol. The average molecular weight is 315 g/mol. The number of carbonyl (C=O) groups is 1. The quantitative estimate of drug-likeness (QED) is 0.813. The summed E-state index contributed by atoms with van der Waals surface area (Å²) < 4.78 is 5.64. The molecule has 0 aliphatic heterocycles. The Balaban J connectivity index is 0.00000400. The van der Waals surface area contributed by atoms with Crippen LogP contribution >= 0.6 is 12.4 Å². The summed E-state index contributed by atoms with van der Waals surface area (Å²) in [5.74, 6) is 0.570. The van der Waals surface area contributed by atoms with Gasteiger partial charge in [-0.3, -0.25) is 4.79 Å². The largest absolute Gasteiger partial charge is 0.481 e. The van der Waals surface area contributed by atoms with Gasteiger partial charge in [-0.15, -0.1) is 12.4 Å². The van der Waals surface area contributed by atoms with E-state index < -0.39 is 6.10 Å². The Hall–Kier alpha value is -1.26. The second-order valence-corrected chi connectivity index (χ2v) is 5.36. The summed E-state index contributed by atoms with van der Waals surface area (Å²) >= 11 is 0. The molecule has 0 aliphatic rings. The summed E-state index contributed by atoms with van der Waals surface area (Å²) in [6.07, 6.45) is 1.13. The highest BCUT2D eigenvalue weighted by molar-refractivity contribution is 5.85. The molecule has 21 heavy (non-hydrogen) atoms. The van der Waals surface area contributed by atoms with Crippen LogP contribution in [0.15, 0.2) is 24.3 Å². The number of aryl methyl sites for hydroxylation is 1. The fourth-order valence-electron chi connectivity index (χ4n) is 1.85. The maximum Gasteiger partial charge on any atom is 0.260 e. The molecule has 0 saturated heterocycles. The number of rotatable bonds is 7. The SMILES string of the molecule is CCC(N)(CC)CNC(=O)C(C)Oc1cccc(C)c1.Cl. The molecule has 3 N–H and O–H groups in total. The first kappa shape index (κ1) is 19.7. The van der Waals surface area contributed by atoms with E-state index in [1.54, 1.807) is 6.92 Å². The van der Waals surface area contributed by atoms with E-state index >= 15 is 0 Å². The lowest BCUT2D eigenvalue weighted by molar-refractivity contribution is -0.127. The molecule has 0 fully saturated rings. The standard InChI is InChI=1S/C16H26N2O2.ClH/c1-5-16(17,6-2)11-18-15(19)13(4)20-14-9-7-8-12(3)10-14;/h7-10,13H,5-6,11,17H2,1-4H3,(H,18,19);1H. The second kappa shape index (κ2) is 8.90. The van der Waals surface area contributed by atoms with Crippen LogP contribution in [-0.4, -0.2) is 24.1 Å². The lowest BCUT2D eigenvalue weighted by Crippen LogP contribution is -2.51. The number of amides is 1. The van der Waals surface area contributed by atoms with Crippen molar-refractivity contribution in [2.24, 2.45) is 5.73 Å². The molecule has 1 aromatic rings. The zero-order chi connectivity index (χ0) is 15.2. The van der Waals surface area contributed by atoms with Gasteiger partial charge in [-0.1, -0.05) is 26.0 Å². The van der Waals surface area contributed by atoms with Gasteiger partial charge in [0, 0.05) is 12.1 Å². The number of hydrogen-bond donors (Lipinski definition) is 2. The molecule has 0 saturated carbocycles. The van der Waals surface area contributed by atoms with Gasteiger partial charge in [0.05, 0.1) is 0 Å². The van der Waals surface area contributed by atoms with Crippen LogP contribution in [0.25, 0.3) is 0 Å². The molecule has 0 heterocycles. The van der Waals surface area contributed by atoms with Crippen LogP contribution in [0.3, 0.4) is 0 Å². The molecule has 1 atom stereocenters. The molecule has 0 aliphatic carbocycles. The van der Waals surface area contributed by atoms with Gasteiger partial charge in [-0.05, 0) is 44.4 Å². The fourth-order valence-corrected chi connectivity index (χ4v) is 1.85. The minimum atomic E-state index is -0.533. The Morgan fingerprint density at radius 3 is 2.52 bits per heavy atom. The van der Waals surface area contributed by atoms with E-state index in [0.717, 1.165) is 18.4 Å². The number of hydrogen-bond acceptors (Lipinski definition) is 3. The summed E-state index contributed by atoms with van der Waals surface area (Å²) in [5.41, 5.74) is 6.93. The van der Waals surface area contributed by atoms with E-state index in [-0.39, 0.29) is 23.9 Å². The molecule has 1 amide bonds. The zero-order valence-electron chi connectivity index (χ0n) is 13.3. The van der Waals surface area contributed by atoms with Gasteiger partial charge in [0.2, 0.25) is 0 Å². The number of carbonyl (C=O) groups excluding carboxylic acids is 1. The molecular formula is C16H27ClN2O2. The van der Waals surface area contributed by atoms with Crippen molar-refractivity contribution in [1.29, 1.82) is 0 Å². The number of benzene rings is 1. The van der Waals surface area contributed by atoms with Crippen LogP contribution in [0, 0.1) is 6.92 Å². The monoisotopic (exact) mass is 314 g/mol. The molecule has 1 aromatic carbocycles. The van der Waals surface area contributed by atoms with Crippen LogP contribution < -0.4 is 15.8 Å². The van der Waals surface area contributed by atoms with Crippen molar-refractivity contribution in [2.45, 2.75) is 52.2 Å². The van der Waals surface area contributed by atoms with Gasteiger partial charge in [-0.25, -0.2) is 0 Å². The van der Waals surface area contributed by atoms with Crippen molar-refractivity contribution in [2.75, 3.05) is 6.54 Å². The summed E-state index contributed by atoms with van der Waals surface area (Å²) in [5, 5.41) is 2.87. The molecule has 4 nitrogen and oxygen atoms in total. The minimum absolute atomic E-state index is 0. The number of ether oxygens (including phenoxy) is 1. The Bertz CT molecular complexity index is 448. The Kier molecular flexibility index (Phi) is 8.37. The van der Waals surface area contributed by atoms with Crippen LogP contribution in [0.2, 0.25) is 0 Å². The number of nitrogens with one attached hydrogen (secondary N) is 1. The maximum atomic E-state index is 12.0. The van der Waals surface area contributed by atoms with Gasteiger partial charge in [0.25, 0.3) is 5.91 Å². The maximum absolute atomic E-state index is 12.0. The second-order valence-electron chi connectivity index (χ2n) is 5.36. The Morgan fingerprint density at radius 2 is 2.00 bits per heavy atom. The molecule has 1 rings (SSSR count). The average Bonchev–Trinajstić information content (AvgIpc) is 2.44. The van der Waals surface area contributed by atoms with Gasteiger partial charge in [0.1, 0.15) is 5.75 Å². The Labute approximate surface area is 133 Å². The molecule has 1 unspecified atom stereocenters. The first-order valence-electron chi connectivity index (χ1n) is 7.20. The summed E-state index contributed by atoms with van der Waals surface area (Å²) in [4.78, 5) is 12.0. The van der Waals surface area contributed by atoms with E-state index in [0.29, 0.717) is 12.3 Å². The normalized spacial score (nSPS) is 12.2. The lowest BCUT2D eigenvalue weighted by atomic mass is 9.94. The number of halogens is 1. The van der Waals surface area contributed by atoms with E-state index in [2.05, 4.69) is 5.32 Å². The third-order valence-electron chi connectivity index (χ3n) is 3.69. The lowest BCUT2D eigenvalue weighted by Gasteiger charge is -2.27. The van der Waals surface area contributed by atoms with Crippen molar-refractivity contribution in [3.8, 4) is 5.75 Å². The van der Waals surface area contributed by atoms with Crippen molar-refractivity contribution in [3.05, 3.63) is 29.8 Å². The van der Waals surface area contributed by atoms with Crippen LogP contribution in [0.4, 0.5) is 0 Å². The van der Waals surface area contributed by atoms with E-state index in [1.165, 1.54) is 0 Å². The summed E-state index contributed by atoms with van der Waals surface area (Å²) in [7, 11) is 0. The van der Waals surface area contributed by atoms with Crippen molar-refractivity contribution in [3.63, 3.8) is 0 Å². The Morgan fingerprint density at radius 1 is 1.38 bits per heavy atom. The summed E-state index contributed by atoms with van der Waals surface area (Å²) in [6, 6.07) is 7.66. The molecule has 120 valence electrons. The molecule has 0 aromatic heterocycles. The van der Waals surface area contributed by atoms with Gasteiger partial charge >= 0.3 is 0 Å². The smallest absolute Gasteiger partial charge is 0.260 e. The van der Waals surface area contributed by atoms with E-state index in [9.17, 15) is 4.79 Å². The van der Waals surface area contributed by atoms with Crippen molar-refractivity contribution < 1.29 is 9.53 Å². The van der Waals surface area contributed by atoms with E-state index in [4.69, 9.17) is 10.5 Å². The van der Waals surface area contributed by atoms with Crippen LogP contribution in [0.5, 0.6) is 5.75 Å². The molecule has 0 bridgehead atoms. The highest BCUT2D eigenvalue weighted by Gasteiger charge is 2.23. The van der Waals surface area contributed by atoms with Gasteiger partial charge in [0.15, 0.2) is 6.10 Å². The topological polar surface area (TPSA) is 64.3 Å². The van der Waals surface area contributed by atoms with E-state index in [1.807, 2.05) is 45.0 Å². The molecule has 0 spiro atoms. The van der Waals surface area contributed by atoms with Crippen LogP contribution in [0.1, 0.15) is 39.2 Å². The van der Waals surface area contributed by atoms with Gasteiger partial charge < -0.3 is 15.8 Å². The fraction of sp³-hybridized carbons (Fsp3) is 0.562. The van der Waals surface area contributed by atoms with Crippen molar-refractivity contribution >= 4 is 18.3 Å². The van der Waals surface area contributed by atoms with Crippen molar-refractivity contribution in [1.82, 2.24) is 5.32 Å². The highest BCUT2D eigenvalue weighted by atomic mass is 35.5. The predicted octanol–water partition coefficient (Wildman–Crippen LogP) is 2.82. The van der Waals surface area contributed by atoms with Gasteiger partial charge in [-0.2, -0.15) is 0 Å². The first-order valence-corrected chi connectivity index (χ1v) is 7.20. The van der Waals surface area contributed by atoms with Crippen LogP contribution in [-0.2, 0) is 4.79 Å². The summed E-state index contributed by atoms with van der Waals surface area (Å²) in [6.45, 7) is 8.27. The predicted molar refractivity (Wildman–Crippen MR) is 89.0 cm³/mol. The molecule has 5 heteroatoms. The minimum Gasteiger partial charge on any atom is -0.481 e. The highest BCUT2D eigenvalue weighted by Crippen LogP contribution is 2.14. The third-order valence-corrected chi connectivity index (χ3v) is 3.69.